The molecule has 120 valence electrons. The minimum Gasteiger partial charge on any atom is -0.481 e. The first-order chi connectivity index (χ1) is 9.94. The fourth-order valence-electron chi connectivity index (χ4n) is 3.73. The highest BCUT2D eigenvalue weighted by atomic mass is 16.4. The highest BCUT2D eigenvalue weighted by Gasteiger charge is 2.42. The van der Waals surface area contributed by atoms with Crippen LogP contribution in [0.3, 0.4) is 0 Å². The van der Waals surface area contributed by atoms with E-state index in [-0.39, 0.29) is 12.3 Å². The Hall–Kier alpha value is -1.10. The van der Waals surface area contributed by atoms with E-state index in [1.165, 1.54) is 0 Å². The van der Waals surface area contributed by atoms with Crippen LogP contribution in [0.1, 0.15) is 51.4 Å². The summed E-state index contributed by atoms with van der Waals surface area (Å²) in [6.45, 7) is 1.52. The van der Waals surface area contributed by atoms with Crippen LogP contribution in [0.2, 0.25) is 0 Å². The molecule has 1 heterocycles. The third kappa shape index (κ3) is 3.76. The third-order valence-corrected chi connectivity index (χ3v) is 5.30. The topological polar surface area (TPSA) is 60.9 Å². The van der Waals surface area contributed by atoms with E-state index in [0.29, 0.717) is 18.9 Å². The second-order valence-electron chi connectivity index (χ2n) is 6.90. The first kappa shape index (κ1) is 16.3. The number of carboxylic acids is 1. The number of piperidine rings is 1. The molecule has 5 heteroatoms. The van der Waals surface area contributed by atoms with Gasteiger partial charge in [0.25, 0.3) is 0 Å². The lowest BCUT2D eigenvalue weighted by Gasteiger charge is -2.38. The van der Waals surface area contributed by atoms with E-state index in [1.807, 2.05) is 4.90 Å². The Morgan fingerprint density at radius 2 is 1.71 bits per heavy atom. The van der Waals surface area contributed by atoms with Crippen molar-refractivity contribution in [2.75, 3.05) is 27.2 Å². The lowest BCUT2D eigenvalue weighted by molar-refractivity contribution is -0.156. The standard InChI is InChI=1S/C16H28N2O3/c1-17(2)13-6-10-18(11-7-13)14(19)12-16(15(20)21)8-4-3-5-9-16/h13H,3-12H2,1-2H3,(H,20,21). The second kappa shape index (κ2) is 6.77. The van der Waals surface area contributed by atoms with Gasteiger partial charge in [0.2, 0.25) is 5.91 Å². The maximum Gasteiger partial charge on any atom is 0.310 e. The van der Waals surface area contributed by atoms with E-state index in [9.17, 15) is 14.7 Å². The quantitative estimate of drug-likeness (QED) is 0.861. The summed E-state index contributed by atoms with van der Waals surface area (Å²) in [7, 11) is 4.15. The Kier molecular flexibility index (Phi) is 5.25. The largest absolute Gasteiger partial charge is 0.481 e. The molecule has 0 atom stereocenters. The number of aliphatic carboxylic acids is 1. The molecule has 0 aromatic rings. The summed E-state index contributed by atoms with van der Waals surface area (Å²) in [5, 5.41) is 9.57. The van der Waals surface area contributed by atoms with Crippen LogP contribution in [0.4, 0.5) is 0 Å². The van der Waals surface area contributed by atoms with Crippen LogP contribution in [-0.4, -0.2) is 60.0 Å². The van der Waals surface area contributed by atoms with Gasteiger partial charge in [0.05, 0.1) is 5.41 Å². The molecule has 0 aromatic heterocycles. The first-order valence-corrected chi connectivity index (χ1v) is 8.12. The zero-order valence-electron chi connectivity index (χ0n) is 13.3. The first-order valence-electron chi connectivity index (χ1n) is 8.12. The van der Waals surface area contributed by atoms with Gasteiger partial charge in [0.15, 0.2) is 0 Å². The summed E-state index contributed by atoms with van der Waals surface area (Å²) in [6, 6.07) is 0.539. The molecule has 1 aliphatic carbocycles. The van der Waals surface area contributed by atoms with Crippen LogP contribution >= 0.6 is 0 Å². The molecule has 5 nitrogen and oxygen atoms in total. The lowest BCUT2D eigenvalue weighted by atomic mass is 9.71. The van der Waals surface area contributed by atoms with Gasteiger partial charge >= 0.3 is 5.97 Å². The second-order valence-corrected chi connectivity index (χ2v) is 6.90. The van der Waals surface area contributed by atoms with E-state index in [2.05, 4.69) is 19.0 Å². The van der Waals surface area contributed by atoms with Crippen LogP contribution < -0.4 is 0 Å². The molecule has 1 amide bonds. The third-order valence-electron chi connectivity index (χ3n) is 5.30. The maximum absolute atomic E-state index is 12.5. The van der Waals surface area contributed by atoms with Crippen molar-refractivity contribution in [3.8, 4) is 0 Å². The van der Waals surface area contributed by atoms with Crippen molar-refractivity contribution in [3.63, 3.8) is 0 Å². The van der Waals surface area contributed by atoms with Crippen LogP contribution in [0, 0.1) is 5.41 Å². The molecule has 1 saturated carbocycles. The van der Waals surface area contributed by atoms with Gasteiger partial charge < -0.3 is 14.9 Å². The number of rotatable bonds is 4. The number of nitrogens with zero attached hydrogens (tertiary/aromatic N) is 2. The molecular weight excluding hydrogens is 268 g/mol. The highest BCUT2D eigenvalue weighted by Crippen LogP contribution is 2.40. The van der Waals surface area contributed by atoms with Crippen LogP contribution in [0.25, 0.3) is 0 Å². The van der Waals surface area contributed by atoms with E-state index in [1.54, 1.807) is 0 Å². The zero-order valence-corrected chi connectivity index (χ0v) is 13.3. The normalized spacial score (nSPS) is 23.3. The van der Waals surface area contributed by atoms with E-state index in [4.69, 9.17) is 0 Å². The molecule has 0 spiro atoms. The van der Waals surface area contributed by atoms with Crippen LogP contribution in [0.15, 0.2) is 0 Å². The molecule has 1 N–H and O–H groups in total. The summed E-state index contributed by atoms with van der Waals surface area (Å²) in [5.74, 6) is -0.741. The summed E-state index contributed by atoms with van der Waals surface area (Å²) in [6.07, 6.45) is 6.43. The number of carbonyl (C=O) groups is 2. The Morgan fingerprint density at radius 1 is 1.14 bits per heavy atom. The van der Waals surface area contributed by atoms with Crippen molar-refractivity contribution in [1.82, 2.24) is 9.80 Å². The van der Waals surface area contributed by atoms with Crippen molar-refractivity contribution >= 4 is 11.9 Å². The van der Waals surface area contributed by atoms with Gasteiger partial charge in [-0.3, -0.25) is 9.59 Å². The van der Waals surface area contributed by atoms with E-state index >= 15 is 0 Å². The maximum atomic E-state index is 12.5. The predicted molar refractivity (Wildman–Crippen MR) is 81.1 cm³/mol. The molecular formula is C16H28N2O3. The Bertz CT molecular complexity index is 381. The van der Waals surface area contributed by atoms with E-state index in [0.717, 1.165) is 45.2 Å². The Balaban J connectivity index is 1.93. The summed E-state index contributed by atoms with van der Waals surface area (Å²) in [4.78, 5) is 28.2. The fraction of sp³-hybridized carbons (Fsp3) is 0.875. The molecule has 0 radical (unpaired) electrons. The molecule has 21 heavy (non-hydrogen) atoms. The monoisotopic (exact) mass is 296 g/mol. The number of carboxylic acid groups (broad SMARTS) is 1. The van der Waals surface area contributed by atoms with Crippen molar-refractivity contribution in [2.45, 2.75) is 57.4 Å². The van der Waals surface area contributed by atoms with Gasteiger partial charge in [0, 0.05) is 25.6 Å². The molecule has 0 bridgehead atoms. The number of carbonyl (C=O) groups excluding carboxylic acids is 1. The molecule has 2 rings (SSSR count). The molecule has 1 saturated heterocycles. The average molecular weight is 296 g/mol. The van der Waals surface area contributed by atoms with Crippen LogP contribution in [0.5, 0.6) is 0 Å². The molecule has 2 aliphatic rings. The molecule has 2 fully saturated rings. The average Bonchev–Trinajstić information content (AvgIpc) is 2.48. The molecule has 1 aliphatic heterocycles. The summed E-state index contributed by atoms with van der Waals surface area (Å²) >= 11 is 0. The highest BCUT2D eigenvalue weighted by molar-refractivity contribution is 5.85. The Morgan fingerprint density at radius 3 is 2.19 bits per heavy atom. The number of likely N-dealkylation sites (tertiary alicyclic amines) is 1. The smallest absolute Gasteiger partial charge is 0.310 e. The minimum atomic E-state index is -0.798. The van der Waals surface area contributed by atoms with Gasteiger partial charge in [0.1, 0.15) is 0 Å². The molecule has 0 unspecified atom stereocenters. The van der Waals surface area contributed by atoms with Gasteiger partial charge in [-0.25, -0.2) is 0 Å². The zero-order chi connectivity index (χ0) is 15.5. The van der Waals surface area contributed by atoms with Gasteiger partial charge in [-0.1, -0.05) is 19.3 Å². The van der Waals surface area contributed by atoms with Gasteiger partial charge in [-0.15, -0.1) is 0 Å². The summed E-state index contributed by atoms with van der Waals surface area (Å²) < 4.78 is 0. The van der Waals surface area contributed by atoms with Gasteiger partial charge in [-0.05, 0) is 39.8 Å². The number of hydrogen-bond donors (Lipinski definition) is 1. The van der Waals surface area contributed by atoms with Crippen molar-refractivity contribution in [3.05, 3.63) is 0 Å². The van der Waals surface area contributed by atoms with E-state index < -0.39 is 11.4 Å². The number of amides is 1. The minimum absolute atomic E-state index is 0.0384. The Labute approximate surface area is 127 Å². The summed E-state index contributed by atoms with van der Waals surface area (Å²) in [5.41, 5.74) is -0.798. The predicted octanol–water partition coefficient (Wildman–Crippen LogP) is 1.96. The van der Waals surface area contributed by atoms with Crippen molar-refractivity contribution in [1.29, 1.82) is 0 Å². The van der Waals surface area contributed by atoms with Gasteiger partial charge in [-0.2, -0.15) is 0 Å². The van der Waals surface area contributed by atoms with Crippen molar-refractivity contribution < 1.29 is 14.7 Å². The van der Waals surface area contributed by atoms with Crippen LogP contribution in [-0.2, 0) is 9.59 Å². The molecule has 0 aromatic carbocycles. The van der Waals surface area contributed by atoms with Crippen molar-refractivity contribution in [2.24, 2.45) is 5.41 Å². The SMILES string of the molecule is CN(C)C1CCN(C(=O)CC2(C(=O)O)CCCCC2)CC1. The fourth-order valence-corrected chi connectivity index (χ4v) is 3.73. The number of hydrogen-bond acceptors (Lipinski definition) is 3. The lowest BCUT2D eigenvalue weighted by Crippen LogP contribution is -2.47.